The molecule has 0 amide bonds. The molecule has 0 radical (unpaired) electrons. The third-order valence-corrected chi connectivity index (χ3v) is 7.05. The summed E-state index contributed by atoms with van der Waals surface area (Å²) in [4.78, 5) is 0. The van der Waals surface area contributed by atoms with Gasteiger partial charge in [0.2, 0.25) is 0 Å². The quantitative estimate of drug-likeness (QED) is 0.182. The minimum absolute atomic E-state index is 0.284. The lowest BCUT2D eigenvalue weighted by atomic mass is 9.86. The second-order valence-electron chi connectivity index (χ2n) is 8.73. The Morgan fingerprint density at radius 3 is 1.78 bits per heavy atom. The summed E-state index contributed by atoms with van der Waals surface area (Å²) in [5.41, 5.74) is -1.01. The standard InChI is InChI=1S/C29H21F3O3S/c1-18-15-19(2)17-22(16-18)25-13-11-20-7-3-5-9-23(20)27(25)28-24-10-6-4-8-21(24)12-14-26(28)35-36(33,34)29(30,31)32/h3-17H,1-2H3. The van der Waals surface area contributed by atoms with Crippen molar-refractivity contribution in [3.05, 3.63) is 102 Å². The van der Waals surface area contributed by atoms with Crippen molar-refractivity contribution in [3.8, 4) is 28.0 Å². The molecule has 0 fully saturated rings. The molecule has 0 aliphatic heterocycles. The first kappa shape index (κ1) is 23.9. The molecule has 0 unspecified atom stereocenters. The minimum atomic E-state index is -5.89. The fourth-order valence-electron chi connectivity index (χ4n) is 4.66. The molecule has 5 aromatic carbocycles. The van der Waals surface area contributed by atoms with E-state index in [0.717, 1.165) is 38.4 Å². The van der Waals surface area contributed by atoms with Crippen molar-refractivity contribution in [2.75, 3.05) is 0 Å². The van der Waals surface area contributed by atoms with E-state index in [9.17, 15) is 21.6 Å². The van der Waals surface area contributed by atoms with Gasteiger partial charge < -0.3 is 4.18 Å². The molecule has 0 heterocycles. The highest BCUT2D eigenvalue weighted by molar-refractivity contribution is 7.88. The van der Waals surface area contributed by atoms with Crippen LogP contribution >= 0.6 is 0 Å². The lowest BCUT2D eigenvalue weighted by molar-refractivity contribution is -0.0499. The fraction of sp³-hybridized carbons (Fsp3) is 0.103. The maximum atomic E-state index is 13.3. The summed E-state index contributed by atoms with van der Waals surface area (Å²) in [6, 6.07) is 27.4. The number of alkyl halides is 3. The van der Waals surface area contributed by atoms with E-state index in [1.165, 1.54) is 6.07 Å². The maximum absolute atomic E-state index is 13.3. The van der Waals surface area contributed by atoms with Crippen LogP contribution < -0.4 is 4.18 Å². The average molecular weight is 507 g/mol. The van der Waals surface area contributed by atoms with Gasteiger partial charge in [0.1, 0.15) is 0 Å². The van der Waals surface area contributed by atoms with Crippen molar-refractivity contribution in [2.45, 2.75) is 19.4 Å². The number of fused-ring (bicyclic) bond motifs is 2. The van der Waals surface area contributed by atoms with E-state index in [1.807, 2.05) is 80.6 Å². The number of hydrogen-bond acceptors (Lipinski definition) is 3. The predicted octanol–water partition coefficient (Wildman–Crippen LogP) is 8.17. The van der Waals surface area contributed by atoms with Crippen LogP contribution in [-0.2, 0) is 10.1 Å². The Hall–Kier alpha value is -3.84. The average Bonchev–Trinajstić information content (AvgIpc) is 2.82. The van der Waals surface area contributed by atoms with Gasteiger partial charge in [-0.1, -0.05) is 96.1 Å². The van der Waals surface area contributed by atoms with Crippen LogP contribution in [-0.4, -0.2) is 13.9 Å². The van der Waals surface area contributed by atoms with E-state index in [-0.39, 0.29) is 11.3 Å². The van der Waals surface area contributed by atoms with Gasteiger partial charge in [-0.3, -0.25) is 0 Å². The second-order valence-corrected chi connectivity index (χ2v) is 10.3. The first-order chi connectivity index (χ1) is 17.0. The summed E-state index contributed by atoms with van der Waals surface area (Å²) >= 11 is 0. The van der Waals surface area contributed by atoms with Gasteiger partial charge in [0, 0.05) is 11.1 Å². The molecule has 0 bridgehead atoms. The third-order valence-electron chi connectivity index (χ3n) is 6.09. The van der Waals surface area contributed by atoms with Crippen LogP contribution in [0.2, 0.25) is 0 Å². The molecule has 5 aromatic rings. The van der Waals surface area contributed by atoms with Gasteiger partial charge in [-0.05, 0) is 52.6 Å². The zero-order valence-corrected chi connectivity index (χ0v) is 20.2. The van der Waals surface area contributed by atoms with Crippen LogP contribution in [0.15, 0.2) is 91.0 Å². The molecule has 3 nitrogen and oxygen atoms in total. The van der Waals surface area contributed by atoms with Gasteiger partial charge in [-0.15, -0.1) is 0 Å². The topological polar surface area (TPSA) is 43.4 Å². The zero-order chi connectivity index (χ0) is 25.7. The monoisotopic (exact) mass is 506 g/mol. The van der Waals surface area contributed by atoms with Crippen LogP contribution in [0.4, 0.5) is 13.2 Å². The molecule has 0 N–H and O–H groups in total. The van der Waals surface area contributed by atoms with Gasteiger partial charge in [0.05, 0.1) is 0 Å². The van der Waals surface area contributed by atoms with Gasteiger partial charge >= 0.3 is 15.6 Å². The molecule has 0 saturated carbocycles. The molecular formula is C29H21F3O3S. The van der Waals surface area contributed by atoms with Gasteiger partial charge in [-0.2, -0.15) is 21.6 Å². The smallest absolute Gasteiger partial charge is 0.375 e. The Labute approximate surface area is 206 Å². The third kappa shape index (κ3) is 4.20. The van der Waals surface area contributed by atoms with Crippen molar-refractivity contribution >= 4 is 31.7 Å². The highest BCUT2D eigenvalue weighted by Crippen LogP contribution is 2.46. The molecule has 182 valence electrons. The molecule has 0 aliphatic rings. The summed E-state index contributed by atoms with van der Waals surface area (Å²) in [7, 11) is -5.89. The lowest BCUT2D eigenvalue weighted by Gasteiger charge is -2.20. The number of rotatable bonds is 4. The van der Waals surface area contributed by atoms with Crippen LogP contribution in [0.1, 0.15) is 11.1 Å². The second kappa shape index (κ2) is 8.68. The normalized spacial score (nSPS) is 12.2. The molecule has 0 spiro atoms. The lowest BCUT2D eigenvalue weighted by Crippen LogP contribution is -2.28. The van der Waals surface area contributed by atoms with Crippen molar-refractivity contribution in [3.63, 3.8) is 0 Å². The number of aryl methyl sites for hydroxylation is 2. The molecule has 36 heavy (non-hydrogen) atoms. The fourth-order valence-corrected chi connectivity index (χ4v) is 5.13. The number of hydrogen-bond donors (Lipinski definition) is 0. The first-order valence-electron chi connectivity index (χ1n) is 11.2. The number of benzene rings is 5. The van der Waals surface area contributed by atoms with Crippen LogP contribution in [0.25, 0.3) is 43.8 Å². The Kier molecular flexibility index (Phi) is 5.75. The molecular weight excluding hydrogens is 485 g/mol. The highest BCUT2D eigenvalue weighted by atomic mass is 32.2. The van der Waals surface area contributed by atoms with Crippen LogP contribution in [0, 0.1) is 13.8 Å². The van der Waals surface area contributed by atoms with E-state index in [1.54, 1.807) is 18.2 Å². The summed E-state index contributed by atoms with van der Waals surface area (Å²) in [5.74, 6) is -0.381. The van der Waals surface area contributed by atoms with Crippen LogP contribution in [0.5, 0.6) is 5.75 Å². The SMILES string of the molecule is Cc1cc(C)cc(-c2ccc3ccccc3c2-c2c(OS(=O)(=O)C(F)(F)F)ccc3ccccc23)c1. The Morgan fingerprint density at radius 1 is 0.667 bits per heavy atom. The van der Waals surface area contributed by atoms with E-state index >= 15 is 0 Å². The first-order valence-corrected chi connectivity index (χ1v) is 12.6. The summed E-state index contributed by atoms with van der Waals surface area (Å²) in [6.07, 6.45) is 0. The Balaban J connectivity index is 1.94. The van der Waals surface area contributed by atoms with Gasteiger partial charge in [0.25, 0.3) is 0 Å². The summed E-state index contributed by atoms with van der Waals surface area (Å²) in [6.45, 7) is 3.94. The molecule has 7 heteroatoms. The van der Waals surface area contributed by atoms with Crippen molar-refractivity contribution in [1.82, 2.24) is 0 Å². The van der Waals surface area contributed by atoms with E-state index in [0.29, 0.717) is 10.9 Å². The van der Waals surface area contributed by atoms with E-state index in [4.69, 9.17) is 4.18 Å². The highest BCUT2D eigenvalue weighted by Gasteiger charge is 2.49. The van der Waals surface area contributed by atoms with Gasteiger partial charge in [-0.25, -0.2) is 0 Å². The maximum Gasteiger partial charge on any atom is 0.534 e. The molecule has 0 aromatic heterocycles. The van der Waals surface area contributed by atoms with Crippen molar-refractivity contribution < 1.29 is 25.8 Å². The number of halogens is 3. The Bertz CT molecular complexity index is 1720. The Morgan fingerprint density at radius 2 is 1.19 bits per heavy atom. The van der Waals surface area contributed by atoms with Crippen molar-refractivity contribution in [2.24, 2.45) is 0 Å². The minimum Gasteiger partial charge on any atom is -0.375 e. The van der Waals surface area contributed by atoms with Crippen molar-refractivity contribution in [1.29, 1.82) is 0 Å². The van der Waals surface area contributed by atoms with Gasteiger partial charge in [0.15, 0.2) is 5.75 Å². The largest absolute Gasteiger partial charge is 0.534 e. The predicted molar refractivity (Wildman–Crippen MR) is 137 cm³/mol. The molecule has 5 rings (SSSR count). The molecule has 0 atom stereocenters. The zero-order valence-electron chi connectivity index (χ0n) is 19.4. The van der Waals surface area contributed by atoms with E-state index in [2.05, 4.69) is 0 Å². The van der Waals surface area contributed by atoms with Crippen LogP contribution in [0.3, 0.4) is 0 Å². The summed E-state index contributed by atoms with van der Waals surface area (Å²) in [5, 5.41) is 2.94. The molecule has 0 saturated heterocycles. The molecule has 0 aliphatic carbocycles. The summed E-state index contributed by atoms with van der Waals surface area (Å²) < 4.78 is 69.0. The van der Waals surface area contributed by atoms with E-state index < -0.39 is 15.6 Å².